The van der Waals surface area contributed by atoms with Gasteiger partial charge in [0.15, 0.2) is 0 Å². The van der Waals surface area contributed by atoms with E-state index >= 15 is 0 Å². The first-order valence-corrected chi connectivity index (χ1v) is 10.1. The minimum Gasteiger partial charge on any atom is -0.317 e. The molecule has 124 valence electrons. The quantitative estimate of drug-likeness (QED) is 0.756. The average molecular weight is 326 g/mol. The van der Waals surface area contributed by atoms with Crippen LogP contribution in [0.2, 0.25) is 0 Å². The normalized spacial score (nSPS) is 21.1. The summed E-state index contributed by atoms with van der Waals surface area (Å²) in [7, 11) is 1.16. The van der Waals surface area contributed by atoms with E-state index in [-0.39, 0.29) is 5.41 Å². The van der Waals surface area contributed by atoms with Crippen molar-refractivity contribution in [1.82, 2.24) is 19.7 Å². The van der Waals surface area contributed by atoms with Crippen LogP contribution in [0.4, 0.5) is 0 Å². The molecule has 1 heterocycles. The molecule has 2 aliphatic carbocycles. The van der Waals surface area contributed by atoms with Crippen molar-refractivity contribution < 1.29 is 8.42 Å². The van der Waals surface area contributed by atoms with E-state index in [2.05, 4.69) is 19.7 Å². The SMILES string of the molecule is CN(Cc1nnc(C2CC2)n1C)CC1(CS(C)(=O)=O)CCC1. The molecule has 0 spiro atoms. The topological polar surface area (TPSA) is 68.1 Å². The zero-order valence-electron chi connectivity index (χ0n) is 13.7. The fraction of sp³-hybridized carbons (Fsp3) is 0.867. The van der Waals surface area contributed by atoms with Crippen molar-refractivity contribution in [3.05, 3.63) is 11.6 Å². The third-order valence-corrected chi connectivity index (χ3v) is 6.08. The van der Waals surface area contributed by atoms with E-state index < -0.39 is 9.84 Å². The van der Waals surface area contributed by atoms with Gasteiger partial charge in [0.1, 0.15) is 21.5 Å². The summed E-state index contributed by atoms with van der Waals surface area (Å²) in [5, 5.41) is 8.63. The number of sulfone groups is 1. The van der Waals surface area contributed by atoms with Gasteiger partial charge in [-0.2, -0.15) is 0 Å². The summed E-state index contributed by atoms with van der Waals surface area (Å²) in [6, 6.07) is 0. The Morgan fingerprint density at radius 1 is 1.32 bits per heavy atom. The van der Waals surface area contributed by atoms with E-state index in [9.17, 15) is 8.42 Å². The van der Waals surface area contributed by atoms with Gasteiger partial charge in [0.2, 0.25) is 0 Å². The van der Waals surface area contributed by atoms with Crippen LogP contribution in [0.25, 0.3) is 0 Å². The van der Waals surface area contributed by atoms with Gasteiger partial charge in [0.05, 0.1) is 12.3 Å². The Morgan fingerprint density at radius 2 is 2.00 bits per heavy atom. The van der Waals surface area contributed by atoms with Crippen molar-refractivity contribution >= 4 is 9.84 Å². The van der Waals surface area contributed by atoms with Crippen molar-refractivity contribution in [3.8, 4) is 0 Å². The van der Waals surface area contributed by atoms with Gasteiger partial charge in [0, 0.05) is 25.8 Å². The summed E-state index contributed by atoms with van der Waals surface area (Å²) in [5.41, 5.74) is -0.0553. The number of nitrogens with zero attached hydrogens (tertiary/aromatic N) is 4. The van der Waals surface area contributed by atoms with E-state index in [4.69, 9.17) is 0 Å². The largest absolute Gasteiger partial charge is 0.317 e. The second-order valence-corrected chi connectivity index (χ2v) is 9.54. The number of aromatic nitrogens is 3. The van der Waals surface area contributed by atoms with E-state index in [0.29, 0.717) is 11.7 Å². The maximum atomic E-state index is 11.7. The van der Waals surface area contributed by atoms with Crippen LogP contribution in [0.1, 0.15) is 49.7 Å². The van der Waals surface area contributed by atoms with Crippen molar-refractivity contribution in [2.24, 2.45) is 12.5 Å². The molecule has 22 heavy (non-hydrogen) atoms. The smallest absolute Gasteiger partial charge is 0.148 e. The third kappa shape index (κ3) is 3.51. The second-order valence-electron chi connectivity index (χ2n) is 7.40. The predicted molar refractivity (Wildman–Crippen MR) is 85.3 cm³/mol. The van der Waals surface area contributed by atoms with Gasteiger partial charge in [0.25, 0.3) is 0 Å². The summed E-state index contributed by atoms with van der Waals surface area (Å²) in [4.78, 5) is 2.20. The maximum Gasteiger partial charge on any atom is 0.148 e. The minimum absolute atomic E-state index is 0.0553. The Labute approximate surface area is 132 Å². The van der Waals surface area contributed by atoms with Gasteiger partial charge in [-0.05, 0) is 38.1 Å². The zero-order valence-corrected chi connectivity index (χ0v) is 14.6. The summed E-state index contributed by atoms with van der Waals surface area (Å²) < 4.78 is 25.5. The lowest BCUT2D eigenvalue weighted by Gasteiger charge is -2.43. The molecule has 0 amide bonds. The molecule has 0 bridgehead atoms. The molecule has 0 atom stereocenters. The summed E-state index contributed by atoms with van der Waals surface area (Å²) in [6.45, 7) is 1.54. The van der Waals surface area contributed by atoms with Crippen molar-refractivity contribution in [3.63, 3.8) is 0 Å². The molecule has 6 nitrogen and oxygen atoms in total. The number of hydrogen-bond acceptors (Lipinski definition) is 5. The van der Waals surface area contributed by atoms with E-state index in [0.717, 1.165) is 44.0 Å². The summed E-state index contributed by atoms with van der Waals surface area (Å²) in [6.07, 6.45) is 6.95. The molecule has 0 unspecified atom stereocenters. The van der Waals surface area contributed by atoms with Gasteiger partial charge in [-0.15, -0.1) is 10.2 Å². The highest BCUT2D eigenvalue weighted by molar-refractivity contribution is 7.90. The highest BCUT2D eigenvalue weighted by Gasteiger charge is 2.40. The van der Waals surface area contributed by atoms with Gasteiger partial charge in [-0.3, -0.25) is 4.90 Å². The molecule has 2 fully saturated rings. The first-order valence-electron chi connectivity index (χ1n) is 8.02. The van der Waals surface area contributed by atoms with E-state index in [1.54, 1.807) is 0 Å². The Hall–Kier alpha value is -0.950. The van der Waals surface area contributed by atoms with Gasteiger partial charge in [-0.25, -0.2) is 8.42 Å². The molecular weight excluding hydrogens is 300 g/mol. The lowest BCUT2D eigenvalue weighted by Crippen LogP contribution is -2.45. The van der Waals surface area contributed by atoms with Crippen molar-refractivity contribution in [1.29, 1.82) is 0 Å². The fourth-order valence-electron chi connectivity index (χ4n) is 3.66. The molecule has 0 N–H and O–H groups in total. The highest BCUT2D eigenvalue weighted by Crippen LogP contribution is 2.43. The molecule has 2 saturated carbocycles. The monoisotopic (exact) mass is 326 g/mol. The average Bonchev–Trinajstić information content (AvgIpc) is 3.12. The van der Waals surface area contributed by atoms with Crippen LogP contribution in [0, 0.1) is 5.41 Å². The molecule has 1 aromatic rings. The van der Waals surface area contributed by atoms with Crippen LogP contribution >= 0.6 is 0 Å². The fourth-order valence-corrected chi connectivity index (χ4v) is 5.15. The second kappa shape index (κ2) is 5.60. The lowest BCUT2D eigenvalue weighted by molar-refractivity contribution is 0.0974. The molecule has 3 rings (SSSR count). The van der Waals surface area contributed by atoms with Gasteiger partial charge in [-0.1, -0.05) is 6.42 Å². The van der Waals surface area contributed by atoms with Crippen LogP contribution in [0.15, 0.2) is 0 Å². The van der Waals surface area contributed by atoms with E-state index in [1.165, 1.54) is 19.1 Å². The third-order valence-electron chi connectivity index (χ3n) is 4.94. The zero-order chi connectivity index (χ0) is 16.0. The standard InChI is InChI=1S/C15H26N4O2S/c1-18(10-15(7-4-8-15)11-22(3,20)21)9-13-16-17-14(19(13)2)12-5-6-12/h12H,4-11H2,1-3H3. The molecule has 0 aromatic carbocycles. The van der Waals surface area contributed by atoms with Crippen molar-refractivity contribution in [2.45, 2.75) is 44.6 Å². The number of hydrogen-bond donors (Lipinski definition) is 0. The minimum atomic E-state index is -2.93. The molecule has 0 radical (unpaired) electrons. The molecule has 0 aliphatic heterocycles. The van der Waals surface area contributed by atoms with Crippen molar-refractivity contribution in [2.75, 3.05) is 25.6 Å². The summed E-state index contributed by atoms with van der Waals surface area (Å²) in [5.74, 6) is 2.96. The summed E-state index contributed by atoms with van der Waals surface area (Å²) >= 11 is 0. The lowest BCUT2D eigenvalue weighted by atomic mass is 9.70. The van der Waals surface area contributed by atoms with Crippen LogP contribution in [0.3, 0.4) is 0 Å². The molecule has 1 aromatic heterocycles. The maximum absolute atomic E-state index is 11.7. The first-order chi connectivity index (χ1) is 10.3. The Morgan fingerprint density at radius 3 is 2.50 bits per heavy atom. The van der Waals surface area contributed by atoms with Crippen LogP contribution < -0.4 is 0 Å². The van der Waals surface area contributed by atoms with E-state index in [1.807, 2.05) is 14.1 Å². The predicted octanol–water partition coefficient (Wildman–Crippen LogP) is 1.34. The molecule has 2 aliphatic rings. The Kier molecular flexibility index (Phi) is 4.05. The Bertz CT molecular complexity index is 644. The highest BCUT2D eigenvalue weighted by atomic mass is 32.2. The van der Waals surface area contributed by atoms with Crippen LogP contribution in [-0.4, -0.2) is 53.7 Å². The Balaban J connectivity index is 1.63. The van der Waals surface area contributed by atoms with Crippen LogP contribution in [0.5, 0.6) is 0 Å². The molecule has 0 saturated heterocycles. The van der Waals surface area contributed by atoms with Gasteiger partial charge < -0.3 is 4.57 Å². The first kappa shape index (κ1) is 15.9. The molecular formula is C15H26N4O2S. The van der Waals surface area contributed by atoms with Gasteiger partial charge >= 0.3 is 0 Å². The number of rotatable bonds is 7. The van der Waals surface area contributed by atoms with Crippen LogP contribution in [-0.2, 0) is 23.4 Å². The molecule has 7 heteroatoms.